The van der Waals surface area contributed by atoms with Gasteiger partial charge in [-0.1, -0.05) is 0 Å². The standard InChI is InChI=1S/C13H23N3O2/c1-14(2)12(18)16-9-5-8-13(10-16)7-4-6-11(17)15(13)3/h4-10H2,1-3H3. The molecule has 1 spiro atoms. The van der Waals surface area contributed by atoms with Crippen molar-refractivity contribution in [2.75, 3.05) is 34.2 Å². The van der Waals surface area contributed by atoms with Crippen LogP contribution in [-0.2, 0) is 4.79 Å². The first kappa shape index (κ1) is 13.2. The molecule has 5 nitrogen and oxygen atoms in total. The fourth-order valence-corrected chi connectivity index (χ4v) is 3.20. The maximum absolute atomic E-state index is 12.1. The molecule has 0 aromatic carbocycles. The molecule has 0 radical (unpaired) electrons. The molecule has 2 heterocycles. The van der Waals surface area contributed by atoms with Crippen LogP contribution in [0.2, 0.25) is 0 Å². The third-order valence-electron chi connectivity index (χ3n) is 4.33. The number of hydrogen-bond acceptors (Lipinski definition) is 2. The fourth-order valence-electron chi connectivity index (χ4n) is 3.20. The number of likely N-dealkylation sites (N-methyl/N-ethyl adjacent to an activating group) is 1. The normalized spacial score (nSPS) is 28.7. The minimum Gasteiger partial charge on any atom is -0.338 e. The van der Waals surface area contributed by atoms with Crippen molar-refractivity contribution in [3.05, 3.63) is 0 Å². The summed E-state index contributed by atoms with van der Waals surface area (Å²) in [6, 6.07) is 0.0560. The van der Waals surface area contributed by atoms with Crippen LogP contribution < -0.4 is 0 Å². The van der Waals surface area contributed by atoms with Crippen LogP contribution in [0.15, 0.2) is 0 Å². The van der Waals surface area contributed by atoms with Crippen molar-refractivity contribution in [2.45, 2.75) is 37.6 Å². The number of amides is 3. The van der Waals surface area contributed by atoms with Gasteiger partial charge in [-0.05, 0) is 25.7 Å². The van der Waals surface area contributed by atoms with Gasteiger partial charge in [0.25, 0.3) is 0 Å². The summed E-state index contributed by atoms with van der Waals surface area (Å²) < 4.78 is 0. The van der Waals surface area contributed by atoms with E-state index < -0.39 is 0 Å². The predicted octanol–water partition coefficient (Wildman–Crippen LogP) is 1.14. The van der Waals surface area contributed by atoms with Crippen LogP contribution in [-0.4, -0.2) is 66.4 Å². The van der Waals surface area contributed by atoms with E-state index in [9.17, 15) is 9.59 Å². The summed E-state index contributed by atoms with van der Waals surface area (Å²) in [5.74, 6) is 0.223. The fraction of sp³-hybridized carbons (Fsp3) is 0.846. The summed E-state index contributed by atoms with van der Waals surface area (Å²) in [7, 11) is 5.45. The van der Waals surface area contributed by atoms with Gasteiger partial charge in [-0.2, -0.15) is 0 Å². The second kappa shape index (κ2) is 4.78. The quantitative estimate of drug-likeness (QED) is 0.650. The highest BCUT2D eigenvalue weighted by molar-refractivity contribution is 5.78. The Morgan fingerprint density at radius 3 is 2.61 bits per heavy atom. The van der Waals surface area contributed by atoms with Crippen molar-refractivity contribution in [3.8, 4) is 0 Å². The number of urea groups is 1. The highest BCUT2D eigenvalue weighted by atomic mass is 16.2. The van der Waals surface area contributed by atoms with E-state index in [2.05, 4.69) is 0 Å². The van der Waals surface area contributed by atoms with E-state index in [0.717, 1.165) is 32.2 Å². The molecule has 0 aromatic rings. The van der Waals surface area contributed by atoms with Crippen molar-refractivity contribution in [3.63, 3.8) is 0 Å². The number of carbonyl (C=O) groups excluding carboxylic acids is 2. The third kappa shape index (κ3) is 2.18. The Hall–Kier alpha value is -1.26. The highest BCUT2D eigenvalue weighted by Gasteiger charge is 2.44. The Balaban J connectivity index is 2.14. The third-order valence-corrected chi connectivity index (χ3v) is 4.33. The number of likely N-dealkylation sites (tertiary alicyclic amines) is 2. The molecule has 102 valence electrons. The number of nitrogens with zero attached hydrogens (tertiary/aromatic N) is 3. The lowest BCUT2D eigenvalue weighted by Crippen LogP contribution is -2.62. The summed E-state index contributed by atoms with van der Waals surface area (Å²) in [6.07, 6.45) is 4.63. The first-order valence-corrected chi connectivity index (χ1v) is 6.69. The van der Waals surface area contributed by atoms with Crippen LogP contribution in [0.4, 0.5) is 4.79 Å². The average molecular weight is 253 g/mol. The number of piperidine rings is 2. The van der Waals surface area contributed by atoms with Crippen molar-refractivity contribution >= 4 is 11.9 Å². The maximum atomic E-state index is 12.1. The largest absolute Gasteiger partial charge is 0.338 e. The summed E-state index contributed by atoms with van der Waals surface area (Å²) in [5.41, 5.74) is -0.112. The molecule has 0 saturated carbocycles. The zero-order valence-electron chi connectivity index (χ0n) is 11.6. The molecule has 2 aliphatic rings. The van der Waals surface area contributed by atoms with Crippen LogP contribution in [0, 0.1) is 0 Å². The molecular formula is C13H23N3O2. The Kier molecular flexibility index (Phi) is 3.50. The maximum Gasteiger partial charge on any atom is 0.319 e. The monoisotopic (exact) mass is 253 g/mol. The number of carbonyl (C=O) groups is 2. The Bertz CT molecular complexity index is 352. The molecule has 0 aromatic heterocycles. The molecule has 0 aliphatic carbocycles. The lowest BCUT2D eigenvalue weighted by Gasteiger charge is -2.50. The summed E-state index contributed by atoms with van der Waals surface area (Å²) >= 11 is 0. The van der Waals surface area contributed by atoms with Gasteiger partial charge in [-0.15, -0.1) is 0 Å². The zero-order valence-corrected chi connectivity index (χ0v) is 11.6. The van der Waals surface area contributed by atoms with E-state index in [4.69, 9.17) is 0 Å². The van der Waals surface area contributed by atoms with Gasteiger partial charge in [-0.25, -0.2) is 4.79 Å². The average Bonchev–Trinajstić information content (AvgIpc) is 2.35. The van der Waals surface area contributed by atoms with Crippen molar-refractivity contribution in [2.24, 2.45) is 0 Å². The van der Waals surface area contributed by atoms with Crippen molar-refractivity contribution in [1.82, 2.24) is 14.7 Å². The van der Waals surface area contributed by atoms with E-state index in [1.807, 2.05) is 16.8 Å². The molecule has 1 atom stereocenters. The molecule has 2 saturated heterocycles. The van der Waals surface area contributed by atoms with E-state index in [1.54, 1.807) is 19.0 Å². The number of hydrogen-bond donors (Lipinski definition) is 0. The van der Waals surface area contributed by atoms with Gasteiger partial charge in [-0.3, -0.25) is 4.79 Å². The molecule has 18 heavy (non-hydrogen) atoms. The van der Waals surface area contributed by atoms with Gasteiger partial charge in [0.05, 0.1) is 5.54 Å². The summed E-state index contributed by atoms with van der Waals surface area (Å²) in [5, 5.41) is 0. The molecule has 0 bridgehead atoms. The van der Waals surface area contributed by atoms with Gasteiger partial charge >= 0.3 is 6.03 Å². The van der Waals surface area contributed by atoms with Crippen LogP contribution in [0.3, 0.4) is 0 Å². The minimum atomic E-state index is -0.112. The summed E-state index contributed by atoms with van der Waals surface area (Å²) in [6.45, 7) is 1.49. The SMILES string of the molecule is CN(C)C(=O)N1CCCC2(CCCC(=O)N2C)C1. The van der Waals surface area contributed by atoms with Crippen molar-refractivity contribution < 1.29 is 9.59 Å². The first-order chi connectivity index (χ1) is 8.46. The Morgan fingerprint density at radius 1 is 1.28 bits per heavy atom. The van der Waals surface area contributed by atoms with Gasteiger partial charge in [0.15, 0.2) is 0 Å². The molecule has 2 fully saturated rings. The smallest absolute Gasteiger partial charge is 0.319 e. The molecule has 5 heteroatoms. The summed E-state index contributed by atoms with van der Waals surface area (Å²) in [4.78, 5) is 29.3. The molecule has 3 amide bonds. The van der Waals surface area contributed by atoms with Crippen LogP contribution in [0.25, 0.3) is 0 Å². The second-order valence-electron chi connectivity index (χ2n) is 5.73. The zero-order chi connectivity index (χ0) is 13.3. The van der Waals surface area contributed by atoms with Crippen molar-refractivity contribution in [1.29, 1.82) is 0 Å². The number of rotatable bonds is 0. The first-order valence-electron chi connectivity index (χ1n) is 6.69. The molecule has 2 rings (SSSR count). The van der Waals surface area contributed by atoms with Crippen LogP contribution in [0.1, 0.15) is 32.1 Å². The van der Waals surface area contributed by atoms with Crippen LogP contribution >= 0.6 is 0 Å². The molecular weight excluding hydrogens is 230 g/mol. The molecule has 1 unspecified atom stereocenters. The van der Waals surface area contributed by atoms with Gasteiger partial charge < -0.3 is 14.7 Å². The Labute approximate surface area is 109 Å². The molecule has 0 N–H and O–H groups in total. The predicted molar refractivity (Wildman–Crippen MR) is 69.2 cm³/mol. The van der Waals surface area contributed by atoms with E-state index >= 15 is 0 Å². The van der Waals surface area contributed by atoms with Gasteiger partial charge in [0.1, 0.15) is 0 Å². The van der Waals surface area contributed by atoms with E-state index in [1.165, 1.54) is 0 Å². The lowest BCUT2D eigenvalue weighted by atomic mass is 9.80. The molecule has 2 aliphatic heterocycles. The Morgan fingerprint density at radius 2 is 1.94 bits per heavy atom. The van der Waals surface area contributed by atoms with E-state index in [0.29, 0.717) is 13.0 Å². The second-order valence-corrected chi connectivity index (χ2v) is 5.73. The van der Waals surface area contributed by atoms with Crippen LogP contribution in [0.5, 0.6) is 0 Å². The van der Waals surface area contributed by atoms with E-state index in [-0.39, 0.29) is 17.5 Å². The minimum absolute atomic E-state index is 0.0560. The lowest BCUT2D eigenvalue weighted by molar-refractivity contribution is -0.142. The van der Waals surface area contributed by atoms with Gasteiger partial charge in [0, 0.05) is 40.7 Å². The van der Waals surface area contributed by atoms with Gasteiger partial charge in [0.2, 0.25) is 5.91 Å². The topological polar surface area (TPSA) is 43.9 Å². The highest BCUT2D eigenvalue weighted by Crippen LogP contribution is 2.35.